The summed E-state index contributed by atoms with van der Waals surface area (Å²) in [4.78, 5) is 12.0. The Hall–Kier alpha value is -0.420. The van der Waals surface area contributed by atoms with Gasteiger partial charge in [-0.2, -0.15) is 11.8 Å². The first-order chi connectivity index (χ1) is 8.97. The number of aliphatic hydroxyl groups is 1. The van der Waals surface area contributed by atoms with Gasteiger partial charge in [-0.1, -0.05) is 13.8 Å². The number of hydrogen-bond acceptors (Lipinski definition) is 3. The van der Waals surface area contributed by atoms with Gasteiger partial charge in [0.25, 0.3) is 0 Å². The molecule has 2 amide bonds. The van der Waals surface area contributed by atoms with E-state index in [1.807, 2.05) is 13.2 Å². The molecule has 5 atom stereocenters. The largest absolute Gasteiger partial charge is 0.395 e. The molecule has 0 radical (unpaired) electrons. The molecule has 0 saturated heterocycles. The van der Waals surface area contributed by atoms with Crippen molar-refractivity contribution in [1.82, 2.24) is 10.6 Å². The summed E-state index contributed by atoms with van der Waals surface area (Å²) in [5, 5.41) is 15.3. The highest BCUT2D eigenvalue weighted by atomic mass is 32.2. The van der Waals surface area contributed by atoms with E-state index in [0.717, 1.165) is 12.3 Å². The van der Waals surface area contributed by atoms with Crippen molar-refractivity contribution in [2.24, 2.45) is 11.8 Å². The van der Waals surface area contributed by atoms with E-state index in [1.165, 1.54) is 12.8 Å². The second kappa shape index (κ2) is 8.00. The van der Waals surface area contributed by atoms with Gasteiger partial charge in [0.05, 0.1) is 6.61 Å². The second-order valence-electron chi connectivity index (χ2n) is 5.87. The summed E-state index contributed by atoms with van der Waals surface area (Å²) in [6, 6.07) is 0.148. The Kier molecular flexibility index (Phi) is 7.00. The standard InChI is InChI=1S/C14H28N2O2S/c1-9-5-6-12(10(2)7-9)16-14(18)15-11(3)13(8-17)19-4/h9-13,17H,5-8H2,1-4H3,(H2,15,16,18). The lowest BCUT2D eigenvalue weighted by Crippen LogP contribution is -2.51. The molecule has 4 nitrogen and oxygen atoms in total. The van der Waals surface area contributed by atoms with Gasteiger partial charge in [0.2, 0.25) is 0 Å². The summed E-state index contributed by atoms with van der Waals surface area (Å²) in [5.74, 6) is 1.31. The van der Waals surface area contributed by atoms with Crippen LogP contribution in [0.1, 0.15) is 40.0 Å². The molecule has 0 aromatic rings. The summed E-state index contributed by atoms with van der Waals surface area (Å²) in [5.41, 5.74) is 0. The van der Waals surface area contributed by atoms with E-state index in [2.05, 4.69) is 24.5 Å². The third-order valence-corrected chi connectivity index (χ3v) is 5.31. The molecule has 5 unspecified atom stereocenters. The van der Waals surface area contributed by atoms with E-state index in [1.54, 1.807) is 11.8 Å². The number of carbonyl (C=O) groups excluding carboxylic acids is 1. The van der Waals surface area contributed by atoms with Gasteiger partial charge in [-0.25, -0.2) is 4.79 Å². The molecular weight excluding hydrogens is 260 g/mol. The molecule has 0 aromatic heterocycles. The van der Waals surface area contributed by atoms with Crippen LogP contribution in [-0.4, -0.2) is 41.3 Å². The molecule has 19 heavy (non-hydrogen) atoms. The monoisotopic (exact) mass is 288 g/mol. The molecule has 1 rings (SSSR count). The van der Waals surface area contributed by atoms with Crippen LogP contribution in [0.25, 0.3) is 0 Å². The number of urea groups is 1. The average Bonchev–Trinajstić information content (AvgIpc) is 2.34. The second-order valence-corrected chi connectivity index (χ2v) is 6.94. The molecular formula is C14H28N2O2S. The van der Waals surface area contributed by atoms with Gasteiger partial charge in [0, 0.05) is 17.3 Å². The number of thioether (sulfide) groups is 1. The summed E-state index contributed by atoms with van der Waals surface area (Å²) in [7, 11) is 0. The molecule has 0 aliphatic heterocycles. The maximum atomic E-state index is 12.0. The molecule has 112 valence electrons. The Morgan fingerprint density at radius 2 is 2.11 bits per heavy atom. The minimum Gasteiger partial charge on any atom is -0.395 e. The van der Waals surface area contributed by atoms with Gasteiger partial charge >= 0.3 is 6.03 Å². The highest BCUT2D eigenvalue weighted by Crippen LogP contribution is 2.28. The van der Waals surface area contributed by atoms with E-state index in [-0.39, 0.29) is 30.0 Å². The summed E-state index contributed by atoms with van der Waals surface area (Å²) < 4.78 is 0. The van der Waals surface area contributed by atoms with Crippen LogP contribution in [0.4, 0.5) is 4.79 Å². The zero-order chi connectivity index (χ0) is 14.4. The molecule has 1 aliphatic rings. The Labute approximate surface area is 121 Å². The zero-order valence-corrected chi connectivity index (χ0v) is 13.3. The van der Waals surface area contributed by atoms with Crippen molar-refractivity contribution in [2.75, 3.05) is 12.9 Å². The molecule has 0 heterocycles. The quantitative estimate of drug-likeness (QED) is 0.727. The predicted molar refractivity (Wildman–Crippen MR) is 81.5 cm³/mol. The smallest absolute Gasteiger partial charge is 0.315 e. The van der Waals surface area contributed by atoms with E-state index < -0.39 is 0 Å². The first-order valence-corrected chi connectivity index (χ1v) is 8.47. The van der Waals surface area contributed by atoms with Crippen molar-refractivity contribution in [2.45, 2.75) is 57.4 Å². The minimum atomic E-state index is -0.105. The van der Waals surface area contributed by atoms with Gasteiger partial charge in [-0.05, 0) is 44.3 Å². The van der Waals surface area contributed by atoms with Crippen molar-refractivity contribution in [1.29, 1.82) is 0 Å². The molecule has 5 heteroatoms. The molecule has 0 bridgehead atoms. The van der Waals surface area contributed by atoms with Crippen LogP contribution >= 0.6 is 11.8 Å². The van der Waals surface area contributed by atoms with Crippen molar-refractivity contribution < 1.29 is 9.90 Å². The van der Waals surface area contributed by atoms with E-state index >= 15 is 0 Å². The van der Waals surface area contributed by atoms with Crippen molar-refractivity contribution in [3.63, 3.8) is 0 Å². The SMILES string of the molecule is CSC(CO)C(C)NC(=O)NC1CCC(C)CC1C. The van der Waals surface area contributed by atoms with Crippen molar-refractivity contribution in [3.05, 3.63) is 0 Å². The Bertz CT molecular complexity index is 285. The lowest BCUT2D eigenvalue weighted by molar-refractivity contribution is 0.202. The van der Waals surface area contributed by atoms with Crippen LogP contribution in [0.3, 0.4) is 0 Å². The first-order valence-electron chi connectivity index (χ1n) is 7.18. The van der Waals surface area contributed by atoms with Gasteiger partial charge < -0.3 is 15.7 Å². The van der Waals surface area contributed by atoms with Crippen LogP contribution in [0.5, 0.6) is 0 Å². The fraction of sp³-hybridized carbons (Fsp3) is 0.929. The van der Waals surface area contributed by atoms with Crippen molar-refractivity contribution in [3.8, 4) is 0 Å². The topological polar surface area (TPSA) is 61.4 Å². The normalized spacial score (nSPS) is 30.5. The number of hydrogen-bond donors (Lipinski definition) is 3. The molecule has 0 aromatic carbocycles. The van der Waals surface area contributed by atoms with Crippen molar-refractivity contribution >= 4 is 17.8 Å². The van der Waals surface area contributed by atoms with Crippen LogP contribution in [0.15, 0.2) is 0 Å². The molecule has 0 spiro atoms. The predicted octanol–water partition coefficient (Wildman–Crippen LogP) is 2.22. The summed E-state index contributed by atoms with van der Waals surface area (Å²) in [6.07, 6.45) is 5.39. The first kappa shape index (κ1) is 16.6. The Balaban J connectivity index is 2.38. The van der Waals surface area contributed by atoms with E-state index in [0.29, 0.717) is 5.92 Å². The van der Waals surface area contributed by atoms with Crippen LogP contribution in [0.2, 0.25) is 0 Å². The number of nitrogens with one attached hydrogen (secondary N) is 2. The molecule has 3 N–H and O–H groups in total. The summed E-state index contributed by atoms with van der Waals surface area (Å²) >= 11 is 1.57. The number of aliphatic hydroxyl groups excluding tert-OH is 1. The maximum absolute atomic E-state index is 12.0. The highest BCUT2D eigenvalue weighted by Gasteiger charge is 2.27. The van der Waals surface area contributed by atoms with Crippen LogP contribution < -0.4 is 10.6 Å². The average molecular weight is 288 g/mol. The number of amides is 2. The lowest BCUT2D eigenvalue weighted by Gasteiger charge is -2.33. The highest BCUT2D eigenvalue weighted by molar-refractivity contribution is 7.99. The van der Waals surface area contributed by atoms with Crippen LogP contribution in [-0.2, 0) is 0 Å². The van der Waals surface area contributed by atoms with Gasteiger partial charge in [-0.15, -0.1) is 0 Å². The Morgan fingerprint density at radius 1 is 1.42 bits per heavy atom. The fourth-order valence-corrected chi connectivity index (χ4v) is 3.45. The van der Waals surface area contributed by atoms with E-state index in [4.69, 9.17) is 0 Å². The fourth-order valence-electron chi connectivity index (χ4n) is 2.83. The van der Waals surface area contributed by atoms with Gasteiger partial charge in [-0.3, -0.25) is 0 Å². The summed E-state index contributed by atoms with van der Waals surface area (Å²) in [6.45, 7) is 6.50. The molecule has 1 saturated carbocycles. The number of carbonyl (C=O) groups is 1. The number of rotatable bonds is 5. The third-order valence-electron chi connectivity index (χ3n) is 4.15. The van der Waals surface area contributed by atoms with Gasteiger partial charge in [0.15, 0.2) is 0 Å². The van der Waals surface area contributed by atoms with Crippen LogP contribution in [0, 0.1) is 11.8 Å². The Morgan fingerprint density at radius 3 is 2.63 bits per heavy atom. The third kappa shape index (κ3) is 5.22. The zero-order valence-electron chi connectivity index (χ0n) is 12.5. The van der Waals surface area contributed by atoms with E-state index in [9.17, 15) is 9.90 Å². The molecule has 1 aliphatic carbocycles. The molecule has 1 fully saturated rings. The minimum absolute atomic E-state index is 0.0298. The maximum Gasteiger partial charge on any atom is 0.315 e. The lowest BCUT2D eigenvalue weighted by atomic mass is 9.80. The van der Waals surface area contributed by atoms with Gasteiger partial charge in [0.1, 0.15) is 0 Å².